The van der Waals surface area contributed by atoms with Crippen LogP contribution in [0.25, 0.3) is 0 Å². The number of rotatable bonds is 3. The summed E-state index contributed by atoms with van der Waals surface area (Å²) in [5.41, 5.74) is 0. The second-order valence-corrected chi connectivity index (χ2v) is 5.01. The van der Waals surface area contributed by atoms with Crippen molar-refractivity contribution in [3.05, 3.63) is 0 Å². The van der Waals surface area contributed by atoms with Crippen molar-refractivity contribution in [3.63, 3.8) is 0 Å². The van der Waals surface area contributed by atoms with Gasteiger partial charge in [0.15, 0.2) is 0 Å². The van der Waals surface area contributed by atoms with E-state index in [1.165, 1.54) is 12.2 Å². The SMILES string of the molecule is CCSC1SC1CC. The molecule has 0 spiro atoms. The van der Waals surface area contributed by atoms with Gasteiger partial charge in [-0.2, -0.15) is 0 Å². The van der Waals surface area contributed by atoms with E-state index in [4.69, 9.17) is 0 Å². The number of thioether (sulfide) groups is 2. The molecule has 0 aromatic rings. The minimum Gasteiger partial charge on any atom is -0.147 e. The van der Waals surface area contributed by atoms with Gasteiger partial charge in [0.2, 0.25) is 0 Å². The van der Waals surface area contributed by atoms with Crippen molar-refractivity contribution in [2.24, 2.45) is 0 Å². The molecule has 1 saturated heterocycles. The molecule has 8 heavy (non-hydrogen) atoms. The van der Waals surface area contributed by atoms with Gasteiger partial charge in [0.05, 0.1) is 4.58 Å². The van der Waals surface area contributed by atoms with Crippen LogP contribution in [-0.2, 0) is 0 Å². The Bertz CT molecular complexity index is 72.9. The molecule has 0 aromatic carbocycles. The molecular weight excluding hydrogens is 136 g/mol. The Hall–Kier alpha value is 0.700. The van der Waals surface area contributed by atoms with Gasteiger partial charge < -0.3 is 0 Å². The van der Waals surface area contributed by atoms with Crippen LogP contribution in [0, 0.1) is 0 Å². The average molecular weight is 148 g/mol. The van der Waals surface area contributed by atoms with Crippen molar-refractivity contribution in [2.45, 2.75) is 30.1 Å². The molecule has 0 saturated carbocycles. The van der Waals surface area contributed by atoms with Crippen LogP contribution in [0.1, 0.15) is 20.3 Å². The molecule has 0 aliphatic carbocycles. The standard InChI is InChI=1S/C6H12S2/c1-3-5-6(8-5)7-4-2/h5-6H,3-4H2,1-2H3. The van der Waals surface area contributed by atoms with Gasteiger partial charge in [-0.05, 0) is 12.2 Å². The maximum atomic E-state index is 2.27. The van der Waals surface area contributed by atoms with Crippen LogP contribution >= 0.6 is 23.5 Å². The first kappa shape index (κ1) is 6.81. The summed E-state index contributed by atoms with van der Waals surface area (Å²) in [6, 6.07) is 0. The van der Waals surface area contributed by atoms with Gasteiger partial charge >= 0.3 is 0 Å². The maximum absolute atomic E-state index is 2.27. The van der Waals surface area contributed by atoms with Crippen molar-refractivity contribution >= 4 is 23.5 Å². The topological polar surface area (TPSA) is 0 Å². The molecule has 0 nitrogen and oxygen atoms in total. The largest absolute Gasteiger partial charge is 0.147 e. The lowest BCUT2D eigenvalue weighted by Crippen LogP contribution is -1.85. The van der Waals surface area contributed by atoms with Crippen LogP contribution in [0.4, 0.5) is 0 Å². The molecule has 0 bridgehead atoms. The molecule has 1 rings (SSSR count). The monoisotopic (exact) mass is 148 g/mol. The minimum atomic E-state index is 0.963. The fourth-order valence-electron chi connectivity index (χ4n) is 0.726. The van der Waals surface area contributed by atoms with E-state index in [0.717, 1.165) is 9.83 Å². The molecule has 0 radical (unpaired) electrons. The van der Waals surface area contributed by atoms with E-state index < -0.39 is 0 Å². The molecule has 48 valence electrons. The second kappa shape index (κ2) is 3.02. The summed E-state index contributed by atoms with van der Waals surface area (Å²) in [7, 11) is 0. The first-order chi connectivity index (χ1) is 3.88. The first-order valence-corrected chi connectivity index (χ1v) is 5.14. The summed E-state index contributed by atoms with van der Waals surface area (Å²) in [4.78, 5) is 0. The van der Waals surface area contributed by atoms with Crippen molar-refractivity contribution in [2.75, 3.05) is 5.75 Å². The van der Waals surface area contributed by atoms with E-state index in [2.05, 4.69) is 37.4 Å². The summed E-state index contributed by atoms with van der Waals surface area (Å²) in [5.74, 6) is 1.29. The zero-order chi connectivity index (χ0) is 5.98. The summed E-state index contributed by atoms with van der Waals surface area (Å²) >= 11 is 4.22. The fraction of sp³-hybridized carbons (Fsp3) is 1.00. The zero-order valence-corrected chi connectivity index (χ0v) is 7.02. The fourth-order valence-corrected chi connectivity index (χ4v) is 3.49. The molecule has 1 fully saturated rings. The molecule has 2 unspecified atom stereocenters. The molecule has 2 atom stereocenters. The highest BCUT2D eigenvalue weighted by atomic mass is 32.2. The molecule has 1 heterocycles. The van der Waals surface area contributed by atoms with Gasteiger partial charge in [-0.3, -0.25) is 0 Å². The lowest BCUT2D eigenvalue weighted by molar-refractivity contribution is 0.962. The Kier molecular flexibility index (Phi) is 2.57. The summed E-state index contributed by atoms with van der Waals surface area (Å²) in [5, 5.41) is 1.000. The Morgan fingerprint density at radius 1 is 1.50 bits per heavy atom. The van der Waals surface area contributed by atoms with Gasteiger partial charge in [-0.25, -0.2) is 0 Å². The van der Waals surface area contributed by atoms with E-state index in [0.29, 0.717) is 0 Å². The van der Waals surface area contributed by atoms with Crippen LogP contribution in [0.3, 0.4) is 0 Å². The zero-order valence-electron chi connectivity index (χ0n) is 5.39. The molecule has 2 heteroatoms. The van der Waals surface area contributed by atoms with E-state index in [9.17, 15) is 0 Å². The highest BCUT2D eigenvalue weighted by Crippen LogP contribution is 2.50. The summed E-state index contributed by atoms with van der Waals surface area (Å²) in [6.45, 7) is 4.50. The van der Waals surface area contributed by atoms with Crippen molar-refractivity contribution in [3.8, 4) is 0 Å². The molecule has 1 aliphatic rings. The van der Waals surface area contributed by atoms with Gasteiger partial charge in [-0.1, -0.05) is 13.8 Å². The van der Waals surface area contributed by atoms with E-state index in [1.54, 1.807) is 0 Å². The Morgan fingerprint density at radius 3 is 2.62 bits per heavy atom. The average Bonchev–Trinajstić information content (AvgIpc) is 2.48. The summed E-state index contributed by atoms with van der Waals surface area (Å²) in [6.07, 6.45) is 1.36. The highest BCUT2D eigenvalue weighted by molar-refractivity contribution is 8.23. The normalized spacial score (nSPS) is 35.2. The van der Waals surface area contributed by atoms with Crippen molar-refractivity contribution in [1.82, 2.24) is 0 Å². The van der Waals surface area contributed by atoms with Crippen LogP contribution in [-0.4, -0.2) is 15.6 Å². The van der Waals surface area contributed by atoms with Crippen LogP contribution in [0.2, 0.25) is 0 Å². The van der Waals surface area contributed by atoms with Crippen LogP contribution in [0.5, 0.6) is 0 Å². The predicted molar refractivity (Wildman–Crippen MR) is 43.6 cm³/mol. The van der Waals surface area contributed by atoms with Crippen LogP contribution in [0.15, 0.2) is 0 Å². The molecule has 0 N–H and O–H groups in total. The minimum absolute atomic E-state index is 0.963. The Labute approximate surface area is 59.8 Å². The lowest BCUT2D eigenvalue weighted by Gasteiger charge is -1.87. The van der Waals surface area contributed by atoms with E-state index in [-0.39, 0.29) is 0 Å². The Morgan fingerprint density at radius 2 is 2.25 bits per heavy atom. The van der Waals surface area contributed by atoms with Gasteiger partial charge in [0, 0.05) is 5.25 Å². The predicted octanol–water partition coefficient (Wildman–Crippen LogP) is 2.59. The number of hydrogen-bond acceptors (Lipinski definition) is 2. The lowest BCUT2D eigenvalue weighted by atomic mass is 10.4. The van der Waals surface area contributed by atoms with Gasteiger partial charge in [0.1, 0.15) is 0 Å². The van der Waals surface area contributed by atoms with Gasteiger partial charge in [0.25, 0.3) is 0 Å². The third-order valence-corrected chi connectivity index (χ3v) is 4.41. The third-order valence-electron chi connectivity index (χ3n) is 1.27. The first-order valence-electron chi connectivity index (χ1n) is 3.15. The maximum Gasteiger partial charge on any atom is 0.0624 e. The molecule has 0 amide bonds. The highest BCUT2D eigenvalue weighted by Gasteiger charge is 2.35. The molecule has 0 aromatic heterocycles. The smallest absolute Gasteiger partial charge is 0.0624 e. The number of hydrogen-bond donors (Lipinski definition) is 0. The second-order valence-electron chi connectivity index (χ2n) is 1.91. The van der Waals surface area contributed by atoms with E-state index in [1.807, 2.05) is 0 Å². The van der Waals surface area contributed by atoms with E-state index >= 15 is 0 Å². The van der Waals surface area contributed by atoms with Crippen molar-refractivity contribution in [1.29, 1.82) is 0 Å². The summed E-state index contributed by atoms with van der Waals surface area (Å²) < 4.78 is 0.963. The third kappa shape index (κ3) is 1.59. The Balaban J connectivity index is 1.99. The quantitative estimate of drug-likeness (QED) is 0.564. The van der Waals surface area contributed by atoms with Crippen LogP contribution < -0.4 is 0 Å². The van der Waals surface area contributed by atoms with Crippen molar-refractivity contribution < 1.29 is 0 Å². The molecule has 1 aliphatic heterocycles. The van der Waals surface area contributed by atoms with Gasteiger partial charge in [-0.15, -0.1) is 23.5 Å². The molecular formula is C6H12S2.